The van der Waals surface area contributed by atoms with Gasteiger partial charge in [-0.25, -0.2) is 9.45 Å². The topological polar surface area (TPSA) is 76.0 Å². The molecule has 0 saturated heterocycles. The third-order valence-corrected chi connectivity index (χ3v) is 1.03. The van der Waals surface area contributed by atoms with E-state index in [0.717, 1.165) is 12.8 Å². The molecule has 0 saturated carbocycles. The Morgan fingerprint density at radius 2 is 1.83 bits per heavy atom. The number of hydrogen-bond acceptors (Lipinski definition) is 3. The van der Waals surface area contributed by atoms with Crippen molar-refractivity contribution in [1.82, 2.24) is 0 Å². The molecular formula is C4H13Cl2O5P. The Balaban J connectivity index is -0.000000405. The minimum absolute atomic E-state index is 0. The smallest absolute Gasteiger partial charge is 0.301 e. The maximum absolute atomic E-state index is 9.94. The van der Waals surface area contributed by atoms with E-state index in [1.165, 1.54) is 0 Å². The minimum atomic E-state index is -4.43. The average Bonchev–Trinajstić information content (AvgIpc) is 1.78. The summed E-state index contributed by atoms with van der Waals surface area (Å²) in [5.74, 6) is 0. The number of halogens is 2. The van der Waals surface area contributed by atoms with E-state index in [9.17, 15) is 4.57 Å². The summed E-state index contributed by atoms with van der Waals surface area (Å²) in [6.07, 6.45) is 1.62. The van der Waals surface area contributed by atoms with Crippen LogP contribution in [0.4, 0.5) is 0 Å². The molecule has 78 valence electrons. The van der Waals surface area contributed by atoms with Crippen LogP contribution in [0.25, 0.3) is 0 Å². The molecule has 0 unspecified atom stereocenters. The summed E-state index contributed by atoms with van der Waals surface area (Å²) in [7, 11) is -4.43. The second kappa shape index (κ2) is 9.74. The second-order valence-electron chi connectivity index (χ2n) is 1.74. The van der Waals surface area contributed by atoms with E-state index in [-0.39, 0.29) is 31.4 Å². The van der Waals surface area contributed by atoms with Gasteiger partial charge in [0.1, 0.15) is 0 Å². The van der Waals surface area contributed by atoms with E-state index in [1.54, 1.807) is 0 Å². The molecule has 0 aromatic carbocycles. The molecular weight excluding hydrogens is 230 g/mol. The van der Waals surface area contributed by atoms with Gasteiger partial charge < -0.3 is 9.79 Å². The first kappa shape index (κ1) is 18.4. The van der Waals surface area contributed by atoms with Gasteiger partial charge in [0.15, 0.2) is 0 Å². The minimum Gasteiger partial charge on any atom is -0.301 e. The zero-order valence-electron chi connectivity index (χ0n) is 6.50. The van der Waals surface area contributed by atoms with Crippen LogP contribution in [-0.4, -0.2) is 16.4 Å². The zero-order chi connectivity index (χ0) is 8.04. The van der Waals surface area contributed by atoms with E-state index in [2.05, 4.69) is 9.56 Å². The van der Waals surface area contributed by atoms with Crippen LogP contribution in [0.15, 0.2) is 0 Å². The van der Waals surface area contributed by atoms with Crippen molar-refractivity contribution in [2.24, 2.45) is 0 Å². The lowest BCUT2D eigenvalue weighted by molar-refractivity contribution is -0.222. The van der Waals surface area contributed by atoms with Crippen LogP contribution >= 0.6 is 32.6 Å². The van der Waals surface area contributed by atoms with Gasteiger partial charge in [0.25, 0.3) is 0 Å². The van der Waals surface area contributed by atoms with E-state index < -0.39 is 7.82 Å². The van der Waals surface area contributed by atoms with Crippen molar-refractivity contribution in [1.29, 1.82) is 0 Å². The molecule has 0 aliphatic rings. The van der Waals surface area contributed by atoms with Crippen molar-refractivity contribution < 1.29 is 23.9 Å². The summed E-state index contributed by atoms with van der Waals surface area (Å²) in [4.78, 5) is 20.3. The monoisotopic (exact) mass is 242 g/mol. The lowest BCUT2D eigenvalue weighted by Crippen LogP contribution is -1.93. The van der Waals surface area contributed by atoms with Crippen molar-refractivity contribution in [3.8, 4) is 0 Å². The van der Waals surface area contributed by atoms with Crippen LogP contribution in [0.3, 0.4) is 0 Å². The molecule has 0 bridgehead atoms. The molecule has 0 atom stereocenters. The Hall–Kier alpha value is 0.650. The van der Waals surface area contributed by atoms with E-state index >= 15 is 0 Å². The fourth-order valence-corrected chi connectivity index (χ4v) is 0.521. The molecule has 0 aliphatic carbocycles. The van der Waals surface area contributed by atoms with Crippen molar-refractivity contribution in [2.45, 2.75) is 19.8 Å². The largest absolute Gasteiger partial charge is 0.496 e. The Labute approximate surface area is 83.4 Å². The summed E-state index contributed by atoms with van der Waals surface area (Å²) in [6, 6.07) is 0. The van der Waals surface area contributed by atoms with Crippen molar-refractivity contribution in [2.75, 3.05) is 6.61 Å². The molecule has 0 radical (unpaired) electrons. The fourth-order valence-electron chi connectivity index (χ4n) is 0.309. The molecule has 5 nitrogen and oxygen atoms in total. The lowest BCUT2D eigenvalue weighted by Gasteiger charge is -2.02. The predicted molar refractivity (Wildman–Crippen MR) is 48.5 cm³/mol. The third kappa shape index (κ3) is 16.9. The predicted octanol–water partition coefficient (Wildman–Crippen LogP) is 1.67. The van der Waals surface area contributed by atoms with Gasteiger partial charge in [0, 0.05) is 0 Å². The molecule has 0 rings (SSSR count). The van der Waals surface area contributed by atoms with E-state index in [0.29, 0.717) is 0 Å². The second-order valence-corrected chi connectivity index (χ2v) is 2.87. The van der Waals surface area contributed by atoms with Gasteiger partial charge >= 0.3 is 7.82 Å². The molecule has 2 N–H and O–H groups in total. The van der Waals surface area contributed by atoms with Gasteiger partial charge in [-0.1, -0.05) is 13.3 Å². The van der Waals surface area contributed by atoms with Crippen molar-refractivity contribution >= 4 is 32.6 Å². The molecule has 0 amide bonds. The summed E-state index contributed by atoms with van der Waals surface area (Å²) in [6.45, 7) is 2.14. The van der Waals surface area contributed by atoms with Crippen LogP contribution in [-0.2, 0) is 14.1 Å². The molecule has 0 spiro atoms. The Bertz CT molecular complexity index is 127. The highest BCUT2D eigenvalue weighted by Crippen LogP contribution is 2.35. The first-order chi connectivity index (χ1) is 4.56. The standard InChI is InChI=1S/C4H11O5P.2ClH/c1-2-3-4-8-9-10(5,6)7;;/h2-4H2,1H3,(H2,5,6,7);2*1H. The van der Waals surface area contributed by atoms with Gasteiger partial charge in [-0.15, -0.1) is 29.5 Å². The summed E-state index contributed by atoms with van der Waals surface area (Å²) in [5.41, 5.74) is 0. The third-order valence-electron chi connectivity index (χ3n) is 0.731. The molecule has 0 aliphatic heterocycles. The molecule has 8 heteroatoms. The van der Waals surface area contributed by atoms with Crippen LogP contribution in [0.2, 0.25) is 0 Å². The van der Waals surface area contributed by atoms with Gasteiger partial charge in [-0.2, -0.15) is 0 Å². The van der Waals surface area contributed by atoms with Crippen molar-refractivity contribution in [3.63, 3.8) is 0 Å². The van der Waals surface area contributed by atoms with Crippen LogP contribution in [0.5, 0.6) is 0 Å². The molecule has 12 heavy (non-hydrogen) atoms. The summed E-state index contributed by atoms with van der Waals surface area (Å²) < 4.78 is 13.6. The number of phosphoric acid groups is 1. The highest BCUT2D eigenvalue weighted by molar-refractivity contribution is 7.46. The summed E-state index contributed by atoms with van der Waals surface area (Å²) >= 11 is 0. The van der Waals surface area contributed by atoms with Crippen LogP contribution < -0.4 is 0 Å². The average molecular weight is 243 g/mol. The molecule has 0 heterocycles. The number of unbranched alkanes of at least 4 members (excludes halogenated alkanes) is 1. The number of hydrogen-bond donors (Lipinski definition) is 2. The first-order valence-corrected chi connectivity index (χ1v) is 4.46. The number of rotatable bonds is 5. The SMILES string of the molecule is CCCCOOP(=O)(O)O.Cl.Cl. The van der Waals surface area contributed by atoms with Gasteiger partial charge in [-0.3, -0.25) is 0 Å². The zero-order valence-corrected chi connectivity index (χ0v) is 9.03. The van der Waals surface area contributed by atoms with Gasteiger partial charge in [-0.05, 0) is 6.42 Å². The molecule has 0 fully saturated rings. The van der Waals surface area contributed by atoms with Gasteiger partial charge in [0.05, 0.1) is 6.61 Å². The normalized spacial score (nSPS) is 9.92. The highest BCUT2D eigenvalue weighted by Gasteiger charge is 2.14. The fraction of sp³-hybridized carbons (Fsp3) is 1.00. The first-order valence-electron chi connectivity index (χ1n) is 2.93. The molecule has 0 aromatic rings. The van der Waals surface area contributed by atoms with Crippen LogP contribution in [0, 0.1) is 0 Å². The quantitative estimate of drug-likeness (QED) is 0.332. The van der Waals surface area contributed by atoms with Gasteiger partial charge in [0.2, 0.25) is 0 Å². The Morgan fingerprint density at radius 3 is 2.17 bits per heavy atom. The highest BCUT2D eigenvalue weighted by atomic mass is 35.5. The van der Waals surface area contributed by atoms with Crippen molar-refractivity contribution in [3.05, 3.63) is 0 Å². The van der Waals surface area contributed by atoms with E-state index in [4.69, 9.17) is 9.79 Å². The molecule has 0 aromatic heterocycles. The van der Waals surface area contributed by atoms with E-state index in [1.807, 2.05) is 6.92 Å². The van der Waals surface area contributed by atoms with Crippen LogP contribution in [0.1, 0.15) is 19.8 Å². The maximum atomic E-state index is 9.94. The Morgan fingerprint density at radius 1 is 1.33 bits per heavy atom. The Kier molecular flexibility index (Phi) is 15.0. The summed E-state index contributed by atoms with van der Waals surface area (Å²) in [5, 5.41) is 0. The lowest BCUT2D eigenvalue weighted by atomic mass is 10.4. The maximum Gasteiger partial charge on any atom is 0.496 e.